The Bertz CT molecular complexity index is 596. The second kappa shape index (κ2) is 5.01. The number of amides is 1. The van der Waals surface area contributed by atoms with E-state index in [1.807, 2.05) is 0 Å². The molecular weight excluding hydrogens is 302 g/mol. The number of carbonyl (C=O) groups is 2. The number of hydrogen-bond acceptors (Lipinski definition) is 3. The van der Waals surface area contributed by atoms with E-state index in [0.717, 1.165) is 0 Å². The lowest BCUT2D eigenvalue weighted by atomic mass is 10.2. The van der Waals surface area contributed by atoms with Crippen LogP contribution >= 0.6 is 15.9 Å². The van der Waals surface area contributed by atoms with Crippen LogP contribution in [0.4, 0.5) is 5.69 Å². The van der Waals surface area contributed by atoms with Crippen molar-refractivity contribution in [3.63, 3.8) is 0 Å². The fraction of sp³-hybridized carbons (Fsp3) is 0. The third-order valence-corrected chi connectivity index (χ3v) is 2.61. The molecule has 7 heteroatoms. The number of aromatic nitrogens is 2. The SMILES string of the molecule is O=C(O)c1cc(Br)cc(NC(=O)c2ccn[nH]2)c1. The molecule has 2 rings (SSSR count). The third-order valence-electron chi connectivity index (χ3n) is 2.15. The molecule has 92 valence electrons. The van der Waals surface area contributed by atoms with Crippen molar-refractivity contribution in [1.29, 1.82) is 0 Å². The Morgan fingerprint density at radius 2 is 2.11 bits per heavy atom. The van der Waals surface area contributed by atoms with Gasteiger partial charge in [-0.2, -0.15) is 5.10 Å². The lowest BCUT2D eigenvalue weighted by molar-refractivity contribution is 0.0696. The van der Waals surface area contributed by atoms with E-state index < -0.39 is 5.97 Å². The highest BCUT2D eigenvalue weighted by atomic mass is 79.9. The van der Waals surface area contributed by atoms with E-state index >= 15 is 0 Å². The summed E-state index contributed by atoms with van der Waals surface area (Å²) in [6.45, 7) is 0. The van der Waals surface area contributed by atoms with Gasteiger partial charge in [0.1, 0.15) is 5.69 Å². The molecule has 2 aromatic rings. The number of hydrogen-bond donors (Lipinski definition) is 3. The Hall–Kier alpha value is -2.15. The van der Waals surface area contributed by atoms with Crippen LogP contribution in [0, 0.1) is 0 Å². The highest BCUT2D eigenvalue weighted by molar-refractivity contribution is 9.10. The summed E-state index contributed by atoms with van der Waals surface area (Å²) in [4.78, 5) is 22.6. The average molecular weight is 310 g/mol. The Balaban J connectivity index is 2.24. The number of H-pyrrole nitrogens is 1. The van der Waals surface area contributed by atoms with E-state index in [4.69, 9.17) is 5.11 Å². The zero-order chi connectivity index (χ0) is 13.1. The predicted octanol–water partition coefficient (Wildman–Crippen LogP) is 2.12. The van der Waals surface area contributed by atoms with E-state index in [0.29, 0.717) is 15.9 Å². The van der Waals surface area contributed by atoms with Gasteiger partial charge in [-0.15, -0.1) is 0 Å². The van der Waals surface area contributed by atoms with Crippen LogP contribution in [0.15, 0.2) is 34.9 Å². The number of aromatic amines is 1. The number of rotatable bonds is 3. The van der Waals surface area contributed by atoms with Crippen molar-refractivity contribution in [2.75, 3.05) is 5.32 Å². The smallest absolute Gasteiger partial charge is 0.335 e. The monoisotopic (exact) mass is 309 g/mol. The lowest BCUT2D eigenvalue weighted by Gasteiger charge is -2.05. The number of halogens is 1. The Morgan fingerprint density at radius 3 is 2.72 bits per heavy atom. The molecule has 3 N–H and O–H groups in total. The van der Waals surface area contributed by atoms with Crippen LogP contribution in [-0.4, -0.2) is 27.2 Å². The van der Waals surface area contributed by atoms with Crippen LogP contribution in [0.1, 0.15) is 20.8 Å². The van der Waals surface area contributed by atoms with Gasteiger partial charge in [-0.05, 0) is 24.3 Å². The lowest BCUT2D eigenvalue weighted by Crippen LogP contribution is -2.13. The van der Waals surface area contributed by atoms with E-state index in [2.05, 4.69) is 31.4 Å². The molecule has 0 fully saturated rings. The molecule has 1 amide bonds. The summed E-state index contributed by atoms with van der Waals surface area (Å²) >= 11 is 3.19. The highest BCUT2D eigenvalue weighted by Crippen LogP contribution is 2.20. The minimum Gasteiger partial charge on any atom is -0.478 e. The first kappa shape index (κ1) is 12.3. The summed E-state index contributed by atoms with van der Waals surface area (Å²) in [6, 6.07) is 5.96. The van der Waals surface area contributed by atoms with Crippen molar-refractivity contribution >= 4 is 33.5 Å². The molecule has 0 aliphatic heterocycles. The van der Waals surface area contributed by atoms with Crippen LogP contribution in [0.2, 0.25) is 0 Å². The number of carboxylic acids is 1. The molecule has 0 bridgehead atoms. The van der Waals surface area contributed by atoms with Gasteiger partial charge in [0.2, 0.25) is 0 Å². The summed E-state index contributed by atoms with van der Waals surface area (Å²) in [6.07, 6.45) is 1.46. The fourth-order valence-corrected chi connectivity index (χ4v) is 1.86. The maximum atomic E-state index is 11.7. The van der Waals surface area contributed by atoms with E-state index in [9.17, 15) is 9.59 Å². The summed E-state index contributed by atoms with van der Waals surface area (Å²) in [5.41, 5.74) is 0.775. The molecular formula is C11H8BrN3O3. The van der Waals surface area contributed by atoms with Crippen LogP contribution < -0.4 is 5.32 Å². The largest absolute Gasteiger partial charge is 0.478 e. The molecule has 0 spiro atoms. The van der Waals surface area contributed by atoms with Gasteiger partial charge < -0.3 is 10.4 Å². The highest BCUT2D eigenvalue weighted by Gasteiger charge is 2.10. The molecule has 0 unspecified atom stereocenters. The number of nitrogens with one attached hydrogen (secondary N) is 2. The molecule has 6 nitrogen and oxygen atoms in total. The second-order valence-corrected chi connectivity index (χ2v) is 4.37. The first-order chi connectivity index (χ1) is 8.56. The van der Waals surface area contributed by atoms with Crippen LogP contribution in [0.5, 0.6) is 0 Å². The number of nitrogens with zero attached hydrogens (tertiary/aromatic N) is 1. The van der Waals surface area contributed by atoms with Crippen molar-refractivity contribution in [2.45, 2.75) is 0 Å². The number of carbonyl (C=O) groups excluding carboxylic acids is 1. The van der Waals surface area contributed by atoms with Crippen molar-refractivity contribution < 1.29 is 14.7 Å². The zero-order valence-electron chi connectivity index (χ0n) is 8.98. The zero-order valence-corrected chi connectivity index (χ0v) is 10.6. The quantitative estimate of drug-likeness (QED) is 0.809. The van der Waals surface area contributed by atoms with Gasteiger partial charge in [-0.3, -0.25) is 9.89 Å². The molecule has 0 aliphatic rings. The molecule has 0 saturated heterocycles. The Labute approximate surface area is 110 Å². The van der Waals surface area contributed by atoms with Crippen LogP contribution in [0.3, 0.4) is 0 Å². The second-order valence-electron chi connectivity index (χ2n) is 3.46. The number of carboxylic acid groups (broad SMARTS) is 1. The fourth-order valence-electron chi connectivity index (χ4n) is 1.37. The van der Waals surface area contributed by atoms with Gasteiger partial charge >= 0.3 is 5.97 Å². The van der Waals surface area contributed by atoms with Gasteiger partial charge in [0.15, 0.2) is 0 Å². The predicted molar refractivity (Wildman–Crippen MR) is 67.6 cm³/mol. The summed E-state index contributed by atoms with van der Waals surface area (Å²) in [7, 11) is 0. The minimum atomic E-state index is -1.06. The van der Waals surface area contributed by atoms with Crippen LogP contribution in [-0.2, 0) is 0 Å². The minimum absolute atomic E-state index is 0.0873. The molecule has 18 heavy (non-hydrogen) atoms. The van der Waals surface area contributed by atoms with E-state index in [1.54, 1.807) is 6.07 Å². The van der Waals surface area contributed by atoms with Gasteiger partial charge in [0, 0.05) is 16.4 Å². The Morgan fingerprint density at radius 1 is 1.33 bits per heavy atom. The summed E-state index contributed by atoms with van der Waals surface area (Å²) in [5.74, 6) is -1.45. The first-order valence-electron chi connectivity index (χ1n) is 4.91. The van der Waals surface area contributed by atoms with Gasteiger partial charge in [0.05, 0.1) is 5.56 Å². The third kappa shape index (κ3) is 2.75. The van der Waals surface area contributed by atoms with Crippen molar-refractivity contribution in [1.82, 2.24) is 10.2 Å². The normalized spacial score (nSPS) is 10.1. The summed E-state index contributed by atoms with van der Waals surface area (Å²) in [5, 5.41) is 17.7. The van der Waals surface area contributed by atoms with Crippen LogP contribution in [0.25, 0.3) is 0 Å². The van der Waals surface area contributed by atoms with Crippen molar-refractivity contribution in [3.8, 4) is 0 Å². The van der Waals surface area contributed by atoms with Gasteiger partial charge in [0.25, 0.3) is 5.91 Å². The van der Waals surface area contributed by atoms with E-state index in [1.165, 1.54) is 24.4 Å². The molecule has 0 aliphatic carbocycles. The topological polar surface area (TPSA) is 95.1 Å². The summed E-state index contributed by atoms with van der Waals surface area (Å²) < 4.78 is 0.572. The maximum absolute atomic E-state index is 11.7. The maximum Gasteiger partial charge on any atom is 0.335 e. The van der Waals surface area contributed by atoms with Crippen molar-refractivity contribution in [3.05, 3.63) is 46.2 Å². The molecule has 0 saturated carbocycles. The first-order valence-corrected chi connectivity index (χ1v) is 5.70. The molecule has 1 aromatic heterocycles. The standard InChI is InChI=1S/C11H8BrN3O3/c12-7-3-6(11(17)18)4-8(5-7)14-10(16)9-1-2-13-15-9/h1-5H,(H,13,15)(H,14,16)(H,17,18). The number of benzene rings is 1. The Kier molecular flexibility index (Phi) is 3.42. The average Bonchev–Trinajstić information content (AvgIpc) is 2.81. The van der Waals surface area contributed by atoms with Gasteiger partial charge in [-0.1, -0.05) is 15.9 Å². The number of anilines is 1. The van der Waals surface area contributed by atoms with Gasteiger partial charge in [-0.25, -0.2) is 4.79 Å². The van der Waals surface area contributed by atoms with E-state index in [-0.39, 0.29) is 11.5 Å². The molecule has 1 aromatic carbocycles. The number of aromatic carboxylic acids is 1. The molecule has 1 heterocycles. The molecule has 0 atom stereocenters. The molecule has 0 radical (unpaired) electrons. The van der Waals surface area contributed by atoms with Crippen molar-refractivity contribution in [2.24, 2.45) is 0 Å².